The van der Waals surface area contributed by atoms with Crippen molar-refractivity contribution in [1.29, 1.82) is 0 Å². The molecule has 5 nitrogen and oxygen atoms in total. The van der Waals surface area contributed by atoms with E-state index in [1.807, 2.05) is 26.3 Å². The van der Waals surface area contributed by atoms with Crippen LogP contribution in [0.5, 0.6) is 0 Å². The maximum atomic E-state index is 11.9. The highest BCUT2D eigenvalue weighted by Crippen LogP contribution is 2.27. The lowest BCUT2D eigenvalue weighted by Crippen LogP contribution is -2.41. The number of hydrogen-bond acceptors (Lipinski definition) is 5. The summed E-state index contributed by atoms with van der Waals surface area (Å²) in [6.07, 6.45) is 6.10. The average Bonchev–Trinajstić information content (AvgIpc) is 2.85. The molecule has 2 unspecified atom stereocenters. The fraction of sp³-hybridized carbons (Fsp3) is 0.688. The van der Waals surface area contributed by atoms with Crippen LogP contribution in [0.25, 0.3) is 0 Å². The van der Waals surface area contributed by atoms with Gasteiger partial charge in [-0.25, -0.2) is 9.97 Å². The molecule has 1 aliphatic heterocycles. The van der Waals surface area contributed by atoms with Crippen LogP contribution in [0.3, 0.4) is 0 Å². The van der Waals surface area contributed by atoms with Gasteiger partial charge in [0.2, 0.25) is 5.91 Å². The van der Waals surface area contributed by atoms with Gasteiger partial charge in [-0.3, -0.25) is 4.79 Å². The number of anilines is 1. The Labute approximate surface area is 137 Å². The Bertz CT molecular complexity index is 523. The minimum atomic E-state index is 0.135. The van der Waals surface area contributed by atoms with Crippen molar-refractivity contribution < 1.29 is 4.79 Å². The number of amides is 1. The van der Waals surface area contributed by atoms with E-state index in [4.69, 9.17) is 0 Å². The first-order valence-corrected chi connectivity index (χ1v) is 9.28. The van der Waals surface area contributed by atoms with Crippen LogP contribution in [0, 0.1) is 19.8 Å². The first kappa shape index (κ1) is 17.1. The lowest BCUT2D eigenvalue weighted by atomic mass is 9.98. The van der Waals surface area contributed by atoms with E-state index in [1.165, 1.54) is 0 Å². The SMILES string of the molecule is CCCC1CN(c2nc(C)ncc2C)CC1NC(=O)CSC. The number of carbonyl (C=O) groups is 1. The molecule has 122 valence electrons. The minimum Gasteiger partial charge on any atom is -0.354 e. The Balaban J connectivity index is 2.12. The van der Waals surface area contributed by atoms with E-state index in [9.17, 15) is 4.79 Å². The van der Waals surface area contributed by atoms with Gasteiger partial charge in [0, 0.05) is 24.8 Å². The Morgan fingerprint density at radius 2 is 2.23 bits per heavy atom. The molecule has 1 aromatic rings. The molecule has 2 rings (SSSR count). The molecule has 1 saturated heterocycles. The lowest BCUT2D eigenvalue weighted by molar-refractivity contribution is -0.119. The summed E-state index contributed by atoms with van der Waals surface area (Å²) in [4.78, 5) is 23.1. The zero-order chi connectivity index (χ0) is 16.1. The third kappa shape index (κ3) is 4.12. The number of thioether (sulfide) groups is 1. The molecular weight excluding hydrogens is 296 g/mol. The van der Waals surface area contributed by atoms with Gasteiger partial charge < -0.3 is 10.2 Å². The molecule has 1 aromatic heterocycles. The fourth-order valence-electron chi connectivity index (χ4n) is 3.09. The molecule has 0 saturated carbocycles. The van der Waals surface area contributed by atoms with E-state index < -0.39 is 0 Å². The second-order valence-electron chi connectivity index (χ2n) is 5.98. The van der Waals surface area contributed by atoms with Crippen molar-refractivity contribution >= 4 is 23.5 Å². The molecular formula is C16H26N4OS. The van der Waals surface area contributed by atoms with E-state index in [-0.39, 0.29) is 11.9 Å². The van der Waals surface area contributed by atoms with Crippen molar-refractivity contribution in [3.63, 3.8) is 0 Å². The molecule has 0 aromatic carbocycles. The predicted octanol–water partition coefficient (Wildman–Crippen LogP) is 2.18. The Morgan fingerprint density at radius 3 is 2.91 bits per heavy atom. The van der Waals surface area contributed by atoms with Crippen molar-refractivity contribution in [2.24, 2.45) is 5.92 Å². The van der Waals surface area contributed by atoms with Crippen molar-refractivity contribution in [1.82, 2.24) is 15.3 Å². The van der Waals surface area contributed by atoms with Crippen LogP contribution in [0.1, 0.15) is 31.2 Å². The van der Waals surface area contributed by atoms with Crippen LogP contribution in [0.15, 0.2) is 6.20 Å². The molecule has 1 aliphatic rings. The molecule has 0 aliphatic carbocycles. The van der Waals surface area contributed by atoms with Gasteiger partial charge in [0.05, 0.1) is 11.8 Å². The molecule has 1 N–H and O–H groups in total. The highest BCUT2D eigenvalue weighted by molar-refractivity contribution is 7.99. The number of aryl methyl sites for hydroxylation is 2. The van der Waals surface area contributed by atoms with E-state index in [0.717, 1.165) is 43.1 Å². The summed E-state index contributed by atoms with van der Waals surface area (Å²) in [5.74, 6) is 2.96. The highest BCUT2D eigenvalue weighted by atomic mass is 32.2. The number of rotatable bonds is 6. The van der Waals surface area contributed by atoms with E-state index >= 15 is 0 Å². The molecule has 1 amide bonds. The molecule has 6 heteroatoms. The van der Waals surface area contributed by atoms with Gasteiger partial charge in [-0.1, -0.05) is 13.3 Å². The quantitative estimate of drug-likeness (QED) is 0.870. The standard InChI is InChI=1S/C16H26N4OS/c1-5-6-13-8-20(9-14(13)19-15(21)10-22-4)16-11(2)7-17-12(3)18-16/h7,13-14H,5-6,8-10H2,1-4H3,(H,19,21). The molecule has 1 fully saturated rings. The third-order valence-electron chi connectivity index (χ3n) is 4.09. The summed E-state index contributed by atoms with van der Waals surface area (Å²) < 4.78 is 0. The van der Waals surface area contributed by atoms with Crippen LogP contribution < -0.4 is 10.2 Å². The summed E-state index contributed by atoms with van der Waals surface area (Å²) >= 11 is 1.56. The van der Waals surface area contributed by atoms with Crippen molar-refractivity contribution in [2.75, 3.05) is 30.0 Å². The number of aromatic nitrogens is 2. The van der Waals surface area contributed by atoms with Crippen LogP contribution in [0.4, 0.5) is 5.82 Å². The molecule has 0 spiro atoms. The normalized spacial score (nSPS) is 21.2. The van der Waals surface area contributed by atoms with E-state index in [2.05, 4.69) is 27.1 Å². The predicted molar refractivity (Wildman–Crippen MR) is 92.4 cm³/mol. The van der Waals surface area contributed by atoms with Crippen LogP contribution in [-0.2, 0) is 4.79 Å². The van der Waals surface area contributed by atoms with Crippen molar-refractivity contribution in [3.8, 4) is 0 Å². The fourth-order valence-corrected chi connectivity index (χ4v) is 3.43. The van der Waals surface area contributed by atoms with Crippen molar-refractivity contribution in [3.05, 3.63) is 17.6 Å². The molecule has 2 atom stereocenters. The third-order valence-corrected chi connectivity index (χ3v) is 4.64. The van der Waals surface area contributed by atoms with Gasteiger partial charge in [-0.05, 0) is 32.4 Å². The minimum absolute atomic E-state index is 0.135. The van der Waals surface area contributed by atoms with Gasteiger partial charge in [-0.2, -0.15) is 11.8 Å². The van der Waals surface area contributed by atoms with E-state index in [0.29, 0.717) is 11.7 Å². The Morgan fingerprint density at radius 1 is 1.45 bits per heavy atom. The number of nitrogens with zero attached hydrogens (tertiary/aromatic N) is 3. The monoisotopic (exact) mass is 322 g/mol. The Kier molecular flexibility index (Phi) is 6.06. The van der Waals surface area contributed by atoms with Gasteiger partial charge in [0.15, 0.2) is 0 Å². The zero-order valence-electron chi connectivity index (χ0n) is 13.9. The van der Waals surface area contributed by atoms with E-state index in [1.54, 1.807) is 11.8 Å². The maximum Gasteiger partial charge on any atom is 0.230 e. The molecule has 0 bridgehead atoms. The van der Waals surface area contributed by atoms with Crippen LogP contribution in [0.2, 0.25) is 0 Å². The molecule has 22 heavy (non-hydrogen) atoms. The van der Waals surface area contributed by atoms with Crippen LogP contribution in [-0.4, -0.2) is 47.0 Å². The lowest BCUT2D eigenvalue weighted by Gasteiger charge is -2.20. The first-order chi connectivity index (χ1) is 10.5. The second kappa shape index (κ2) is 7.81. The average molecular weight is 322 g/mol. The summed E-state index contributed by atoms with van der Waals surface area (Å²) in [7, 11) is 0. The van der Waals surface area contributed by atoms with Gasteiger partial charge in [0.1, 0.15) is 11.6 Å². The number of nitrogens with one attached hydrogen (secondary N) is 1. The number of carbonyl (C=O) groups excluding carboxylic acids is 1. The number of hydrogen-bond donors (Lipinski definition) is 1. The first-order valence-electron chi connectivity index (χ1n) is 7.88. The summed E-state index contributed by atoms with van der Waals surface area (Å²) in [6, 6.07) is 0.217. The second-order valence-corrected chi connectivity index (χ2v) is 6.85. The van der Waals surface area contributed by atoms with Crippen molar-refractivity contribution in [2.45, 2.75) is 39.7 Å². The largest absolute Gasteiger partial charge is 0.354 e. The van der Waals surface area contributed by atoms with Crippen LogP contribution >= 0.6 is 11.8 Å². The smallest absolute Gasteiger partial charge is 0.230 e. The zero-order valence-corrected chi connectivity index (χ0v) is 14.7. The van der Waals surface area contributed by atoms with Gasteiger partial charge in [-0.15, -0.1) is 0 Å². The van der Waals surface area contributed by atoms with Gasteiger partial charge in [0.25, 0.3) is 0 Å². The molecule has 0 radical (unpaired) electrons. The topological polar surface area (TPSA) is 58.1 Å². The highest BCUT2D eigenvalue weighted by Gasteiger charge is 2.34. The molecule has 2 heterocycles. The Hall–Kier alpha value is -1.30. The van der Waals surface area contributed by atoms with Gasteiger partial charge >= 0.3 is 0 Å². The summed E-state index contributed by atoms with van der Waals surface area (Å²) in [5.41, 5.74) is 1.09. The summed E-state index contributed by atoms with van der Waals surface area (Å²) in [5, 5.41) is 3.20. The maximum absolute atomic E-state index is 11.9. The summed E-state index contributed by atoms with van der Waals surface area (Å²) in [6.45, 7) is 7.95.